The van der Waals surface area contributed by atoms with Crippen LogP contribution in [0.25, 0.3) is 0 Å². The van der Waals surface area contributed by atoms with Crippen LogP contribution in [0.4, 0.5) is 0 Å². The van der Waals surface area contributed by atoms with Crippen LogP contribution in [0.5, 0.6) is 0 Å². The average molecular weight is 359 g/mol. The van der Waals surface area contributed by atoms with Crippen LogP contribution in [-0.4, -0.2) is 35.5 Å². The summed E-state index contributed by atoms with van der Waals surface area (Å²) in [5.41, 5.74) is 0.0310. The van der Waals surface area contributed by atoms with Gasteiger partial charge in [0.05, 0.1) is 0 Å². The Balaban J connectivity index is 1.24. The molecule has 1 amide bonds. The number of unbranched alkanes of at least 4 members (excludes halogenated alkanes) is 1. The molecule has 0 spiro atoms. The first-order valence-electron chi connectivity index (χ1n) is 11.7. The monoisotopic (exact) mass is 358 g/mol. The molecular weight excluding hydrogens is 320 g/mol. The van der Waals surface area contributed by atoms with Crippen molar-refractivity contribution < 1.29 is 4.79 Å². The smallest absolute Gasteiger partial charge is 0.226 e. The summed E-state index contributed by atoms with van der Waals surface area (Å²) in [6.45, 7) is 3.58. The van der Waals surface area contributed by atoms with E-state index < -0.39 is 0 Å². The maximum Gasteiger partial charge on any atom is 0.226 e. The van der Waals surface area contributed by atoms with Crippen molar-refractivity contribution in [2.45, 2.75) is 109 Å². The predicted molar refractivity (Wildman–Crippen MR) is 105 cm³/mol. The van der Waals surface area contributed by atoms with E-state index in [0.29, 0.717) is 11.9 Å². The van der Waals surface area contributed by atoms with Crippen LogP contribution in [0.3, 0.4) is 0 Å². The average Bonchev–Trinajstić information content (AvgIpc) is 2.58. The second-order valence-electron chi connectivity index (χ2n) is 10.7. The Kier molecular flexibility index (Phi) is 4.58. The Labute approximate surface area is 159 Å². The Morgan fingerprint density at radius 2 is 1.54 bits per heavy atom. The molecule has 2 saturated heterocycles. The minimum absolute atomic E-state index is 0.0310. The highest BCUT2D eigenvalue weighted by molar-refractivity contribution is 5.83. The standard InChI is InChI=1S/C23H38N2O/c1-2-3-7-25-20-5-4-6-21(25)12-19(11-20)24-22(26)23-13-16-8-17(14-23)10-18(9-16)15-23/h16-21H,2-15H2,1H3,(H,24,26)/t16?,17?,18?,19?,20-,21+,23?. The van der Waals surface area contributed by atoms with E-state index in [2.05, 4.69) is 17.1 Å². The minimum atomic E-state index is 0.0310. The molecule has 4 aliphatic carbocycles. The summed E-state index contributed by atoms with van der Waals surface area (Å²) < 4.78 is 0. The number of amides is 1. The Morgan fingerprint density at radius 1 is 0.962 bits per heavy atom. The summed E-state index contributed by atoms with van der Waals surface area (Å²) in [7, 11) is 0. The van der Waals surface area contributed by atoms with E-state index in [1.54, 1.807) is 0 Å². The fraction of sp³-hybridized carbons (Fsp3) is 0.957. The SMILES string of the molecule is CCCCN1[C@@H]2CCC[C@H]1CC(NC(=O)C13CC4CC(CC(C4)C1)C3)C2. The highest BCUT2D eigenvalue weighted by Crippen LogP contribution is 2.60. The molecule has 6 bridgehead atoms. The number of carbonyl (C=O) groups excluding carboxylic acids is 1. The molecule has 6 fully saturated rings. The molecule has 2 heterocycles. The number of fused-ring (bicyclic) bond motifs is 2. The summed E-state index contributed by atoms with van der Waals surface area (Å²) in [6, 6.07) is 1.91. The molecule has 1 N–H and O–H groups in total. The molecule has 3 heteroatoms. The Hall–Kier alpha value is -0.570. The topological polar surface area (TPSA) is 32.3 Å². The van der Waals surface area contributed by atoms with Crippen LogP contribution < -0.4 is 5.32 Å². The van der Waals surface area contributed by atoms with Crippen LogP contribution in [0.2, 0.25) is 0 Å². The molecule has 0 aromatic carbocycles. The number of piperidine rings is 2. The molecule has 4 saturated carbocycles. The fourth-order valence-corrected chi connectivity index (χ4v) is 8.03. The van der Waals surface area contributed by atoms with Gasteiger partial charge in [0, 0.05) is 23.5 Å². The van der Waals surface area contributed by atoms with E-state index in [0.717, 1.165) is 29.8 Å². The summed E-state index contributed by atoms with van der Waals surface area (Å²) in [4.78, 5) is 16.2. The van der Waals surface area contributed by atoms with Crippen LogP contribution in [-0.2, 0) is 4.79 Å². The maximum atomic E-state index is 13.4. The highest BCUT2D eigenvalue weighted by atomic mass is 16.2. The lowest BCUT2D eigenvalue weighted by Gasteiger charge is -2.56. The van der Waals surface area contributed by atoms with Gasteiger partial charge in [-0.2, -0.15) is 0 Å². The molecular formula is C23H38N2O. The first-order chi connectivity index (χ1) is 12.6. The van der Waals surface area contributed by atoms with E-state index in [-0.39, 0.29) is 5.41 Å². The largest absolute Gasteiger partial charge is 0.353 e. The molecule has 1 unspecified atom stereocenters. The van der Waals surface area contributed by atoms with E-state index in [1.165, 1.54) is 90.0 Å². The van der Waals surface area contributed by atoms with Gasteiger partial charge < -0.3 is 5.32 Å². The van der Waals surface area contributed by atoms with Gasteiger partial charge in [0.1, 0.15) is 0 Å². The van der Waals surface area contributed by atoms with Gasteiger partial charge in [-0.25, -0.2) is 0 Å². The molecule has 3 atom stereocenters. The Morgan fingerprint density at radius 3 is 2.08 bits per heavy atom. The van der Waals surface area contributed by atoms with Gasteiger partial charge in [-0.15, -0.1) is 0 Å². The molecule has 146 valence electrons. The highest BCUT2D eigenvalue weighted by Gasteiger charge is 2.55. The second kappa shape index (κ2) is 6.79. The number of rotatable bonds is 5. The van der Waals surface area contributed by atoms with Crippen molar-refractivity contribution in [1.29, 1.82) is 0 Å². The molecule has 2 aliphatic heterocycles. The lowest BCUT2D eigenvalue weighted by atomic mass is 9.49. The normalized spacial score (nSPS) is 47.1. The number of hydrogen-bond donors (Lipinski definition) is 1. The van der Waals surface area contributed by atoms with Crippen LogP contribution in [0, 0.1) is 23.2 Å². The van der Waals surface area contributed by atoms with Crippen molar-refractivity contribution in [3.63, 3.8) is 0 Å². The molecule has 3 nitrogen and oxygen atoms in total. The van der Waals surface area contributed by atoms with Gasteiger partial charge in [0.25, 0.3) is 0 Å². The third-order valence-electron chi connectivity index (χ3n) is 8.75. The van der Waals surface area contributed by atoms with Crippen LogP contribution >= 0.6 is 0 Å². The van der Waals surface area contributed by atoms with Gasteiger partial charge in [-0.3, -0.25) is 9.69 Å². The van der Waals surface area contributed by atoms with Crippen molar-refractivity contribution in [1.82, 2.24) is 10.2 Å². The van der Waals surface area contributed by atoms with Gasteiger partial charge in [-0.1, -0.05) is 19.8 Å². The minimum Gasteiger partial charge on any atom is -0.353 e. The summed E-state index contributed by atoms with van der Waals surface area (Å²) in [5.74, 6) is 3.05. The van der Waals surface area contributed by atoms with Crippen molar-refractivity contribution in [3.8, 4) is 0 Å². The third-order valence-corrected chi connectivity index (χ3v) is 8.75. The zero-order valence-electron chi connectivity index (χ0n) is 16.7. The first kappa shape index (κ1) is 17.5. The van der Waals surface area contributed by atoms with Crippen LogP contribution in [0.1, 0.15) is 90.4 Å². The molecule has 6 aliphatic rings. The van der Waals surface area contributed by atoms with E-state index in [1.807, 2.05) is 0 Å². The maximum absolute atomic E-state index is 13.4. The number of nitrogens with one attached hydrogen (secondary N) is 1. The lowest BCUT2D eigenvalue weighted by molar-refractivity contribution is -0.147. The summed E-state index contributed by atoms with van der Waals surface area (Å²) in [6.07, 6.45) is 17.0. The molecule has 0 radical (unpaired) electrons. The predicted octanol–water partition coefficient (Wildman–Crippen LogP) is 4.50. The van der Waals surface area contributed by atoms with Crippen molar-refractivity contribution in [2.24, 2.45) is 23.2 Å². The van der Waals surface area contributed by atoms with Crippen molar-refractivity contribution >= 4 is 5.91 Å². The van der Waals surface area contributed by atoms with Crippen molar-refractivity contribution in [2.75, 3.05) is 6.54 Å². The fourth-order valence-electron chi connectivity index (χ4n) is 8.03. The van der Waals surface area contributed by atoms with E-state index in [9.17, 15) is 4.79 Å². The van der Waals surface area contributed by atoms with E-state index >= 15 is 0 Å². The van der Waals surface area contributed by atoms with Crippen molar-refractivity contribution in [3.05, 3.63) is 0 Å². The summed E-state index contributed by atoms with van der Waals surface area (Å²) in [5, 5.41) is 3.62. The molecule has 0 aromatic heterocycles. The molecule has 26 heavy (non-hydrogen) atoms. The quantitative estimate of drug-likeness (QED) is 0.784. The van der Waals surface area contributed by atoms with Gasteiger partial charge in [0.15, 0.2) is 0 Å². The molecule has 0 aromatic rings. The van der Waals surface area contributed by atoms with Gasteiger partial charge in [-0.05, 0) is 94.9 Å². The van der Waals surface area contributed by atoms with Gasteiger partial charge in [0.2, 0.25) is 5.91 Å². The van der Waals surface area contributed by atoms with E-state index in [4.69, 9.17) is 0 Å². The summed E-state index contributed by atoms with van der Waals surface area (Å²) >= 11 is 0. The second-order valence-corrected chi connectivity index (χ2v) is 10.7. The lowest BCUT2D eigenvalue weighted by Crippen LogP contribution is -2.60. The number of carbonyl (C=O) groups is 1. The Bertz CT molecular complexity index is 495. The molecule has 6 rings (SSSR count). The third kappa shape index (κ3) is 3.02. The van der Waals surface area contributed by atoms with Gasteiger partial charge >= 0.3 is 0 Å². The zero-order chi connectivity index (χ0) is 17.7. The zero-order valence-corrected chi connectivity index (χ0v) is 16.7. The number of nitrogens with zero attached hydrogens (tertiary/aromatic N) is 1. The first-order valence-corrected chi connectivity index (χ1v) is 11.7. The van der Waals surface area contributed by atoms with Crippen LogP contribution in [0.15, 0.2) is 0 Å². The number of hydrogen-bond acceptors (Lipinski definition) is 2.